The first-order valence-electron chi connectivity index (χ1n) is 10.1. The average molecular weight is 399 g/mol. The summed E-state index contributed by atoms with van der Waals surface area (Å²) in [5, 5.41) is 2.36. The average Bonchev–Trinajstić information content (AvgIpc) is 2.72. The third kappa shape index (κ3) is 6.70. The van der Waals surface area contributed by atoms with Crippen LogP contribution in [0.15, 0.2) is 42.5 Å². The second kappa shape index (κ2) is 10.2. The molecule has 0 aromatic heterocycles. The highest BCUT2D eigenvalue weighted by molar-refractivity contribution is 5.69. The first-order chi connectivity index (χ1) is 13.7. The molecule has 0 heterocycles. The van der Waals surface area contributed by atoms with Gasteiger partial charge in [0.2, 0.25) is 0 Å². The van der Waals surface area contributed by atoms with Crippen molar-refractivity contribution < 1.29 is 14.3 Å². The van der Waals surface area contributed by atoms with Crippen molar-refractivity contribution >= 4 is 17.5 Å². The van der Waals surface area contributed by atoms with Crippen LogP contribution in [-0.4, -0.2) is 32.9 Å². The molecule has 1 aliphatic carbocycles. The molecule has 158 valence electrons. The second-order valence-corrected chi connectivity index (χ2v) is 8.14. The lowest BCUT2D eigenvalue weighted by atomic mass is 9.91. The van der Waals surface area contributed by atoms with E-state index < -0.39 is 0 Å². The monoisotopic (exact) mass is 398 g/mol. The van der Waals surface area contributed by atoms with Gasteiger partial charge in [0, 0.05) is 19.8 Å². The number of para-hydroxylation sites is 2. The van der Waals surface area contributed by atoms with Gasteiger partial charge in [-0.2, -0.15) is 0 Å². The van der Waals surface area contributed by atoms with Crippen LogP contribution in [0.5, 0.6) is 5.75 Å². The van der Waals surface area contributed by atoms with Gasteiger partial charge in [-0.3, -0.25) is 0 Å². The van der Waals surface area contributed by atoms with Crippen LogP contribution in [-0.2, 0) is 17.6 Å². The molecule has 0 spiro atoms. The summed E-state index contributed by atoms with van der Waals surface area (Å²) in [6.45, 7) is 5.46. The van der Waals surface area contributed by atoms with E-state index in [9.17, 15) is 4.79 Å². The van der Waals surface area contributed by atoms with E-state index in [4.69, 9.17) is 9.47 Å². The molecule has 0 saturated carbocycles. The molecular formula is C24H34N2O3. The highest BCUT2D eigenvalue weighted by Crippen LogP contribution is 2.34. The summed E-state index contributed by atoms with van der Waals surface area (Å²) in [6.07, 6.45) is 4.70. The Morgan fingerprint density at radius 3 is 2.28 bits per heavy atom. The molecule has 3 rings (SSSR count). The first-order valence-corrected chi connectivity index (χ1v) is 10.1. The Hall–Kier alpha value is -2.69. The summed E-state index contributed by atoms with van der Waals surface area (Å²) in [5.74, 6) is 0.910. The molecule has 29 heavy (non-hydrogen) atoms. The first kappa shape index (κ1) is 22.6. The number of rotatable bonds is 3. The molecule has 0 radical (unpaired) electrons. The number of amides is 1. The van der Waals surface area contributed by atoms with E-state index in [0.717, 1.165) is 11.4 Å². The van der Waals surface area contributed by atoms with Gasteiger partial charge >= 0.3 is 6.09 Å². The molecule has 1 N–H and O–H groups in total. The fourth-order valence-electron chi connectivity index (χ4n) is 3.30. The van der Waals surface area contributed by atoms with Crippen LogP contribution in [0.2, 0.25) is 0 Å². The highest BCUT2D eigenvalue weighted by atomic mass is 16.6. The number of methoxy groups -OCH3 is 1. The Morgan fingerprint density at radius 2 is 1.69 bits per heavy atom. The minimum atomic E-state index is -0.389. The molecule has 0 atom stereocenters. The lowest BCUT2D eigenvalue weighted by Gasteiger charge is -2.24. The second-order valence-electron chi connectivity index (χ2n) is 8.14. The van der Waals surface area contributed by atoms with Gasteiger partial charge in [0.05, 0.1) is 12.8 Å². The van der Waals surface area contributed by atoms with Crippen molar-refractivity contribution in [2.24, 2.45) is 0 Å². The zero-order valence-corrected chi connectivity index (χ0v) is 18.5. The topological polar surface area (TPSA) is 50.8 Å². The quantitative estimate of drug-likeness (QED) is 0.743. The van der Waals surface area contributed by atoms with Crippen LogP contribution in [0.1, 0.15) is 44.7 Å². The van der Waals surface area contributed by atoms with Crippen molar-refractivity contribution in [3.05, 3.63) is 53.6 Å². The Morgan fingerprint density at radius 1 is 1.03 bits per heavy atom. The maximum Gasteiger partial charge on any atom is 0.407 e. The van der Waals surface area contributed by atoms with Gasteiger partial charge in [0.25, 0.3) is 0 Å². The molecule has 1 amide bonds. The number of carbonyl (C=O) groups is 1. The number of nitrogens with zero attached hydrogens (tertiary/aromatic N) is 1. The van der Waals surface area contributed by atoms with Crippen molar-refractivity contribution in [2.75, 3.05) is 26.1 Å². The predicted octanol–water partition coefficient (Wildman–Crippen LogP) is 5.48. The molecule has 5 heteroatoms. The minimum absolute atomic E-state index is 0.387. The summed E-state index contributed by atoms with van der Waals surface area (Å²) in [6, 6.07) is 15.0. The number of carbonyl (C=O) groups excluding carboxylic acids is 1. The van der Waals surface area contributed by atoms with E-state index in [1.54, 1.807) is 7.11 Å². The molecule has 0 saturated heterocycles. The summed E-state index contributed by atoms with van der Waals surface area (Å²) in [5.41, 5.74) is 4.98. The smallest absolute Gasteiger partial charge is 0.407 e. The van der Waals surface area contributed by atoms with Gasteiger partial charge in [-0.25, -0.2) is 4.79 Å². The Balaban J connectivity index is 0.000000284. The van der Waals surface area contributed by atoms with Gasteiger partial charge in [-0.1, -0.05) is 18.2 Å². The summed E-state index contributed by atoms with van der Waals surface area (Å²) in [4.78, 5) is 12.7. The van der Waals surface area contributed by atoms with Crippen molar-refractivity contribution in [1.29, 1.82) is 0 Å². The van der Waals surface area contributed by atoms with Crippen molar-refractivity contribution in [2.45, 2.75) is 52.1 Å². The summed E-state index contributed by atoms with van der Waals surface area (Å²) < 4.78 is 10.3. The van der Waals surface area contributed by atoms with Crippen LogP contribution in [0.4, 0.5) is 16.2 Å². The van der Waals surface area contributed by atoms with Gasteiger partial charge in [-0.05, 0) is 81.8 Å². The van der Waals surface area contributed by atoms with Crippen LogP contribution < -0.4 is 15.0 Å². The molecule has 1 aliphatic rings. The summed E-state index contributed by atoms with van der Waals surface area (Å²) in [7, 11) is 5.36. The molecule has 0 unspecified atom stereocenters. The normalized spacial score (nSPS) is 12.8. The molecule has 0 aliphatic heterocycles. The van der Waals surface area contributed by atoms with Gasteiger partial charge < -0.3 is 19.7 Å². The van der Waals surface area contributed by atoms with Gasteiger partial charge in [-0.15, -0.1) is 0 Å². The van der Waals surface area contributed by atoms with E-state index in [1.807, 2.05) is 39.0 Å². The Bertz CT molecular complexity index is 812. The Labute approximate surface area is 175 Å². The maximum absolute atomic E-state index is 10.5. The number of alkyl carbamates (subject to hydrolysis) is 1. The van der Waals surface area contributed by atoms with Gasteiger partial charge in [0.1, 0.15) is 11.4 Å². The molecule has 5 nitrogen and oxygen atoms in total. The largest absolute Gasteiger partial charge is 0.495 e. The number of benzene rings is 2. The van der Waals surface area contributed by atoms with E-state index in [2.05, 4.69) is 41.5 Å². The number of nitrogens with one attached hydrogen (secondary N) is 1. The van der Waals surface area contributed by atoms with Crippen LogP contribution in [0.25, 0.3) is 0 Å². The Kier molecular flexibility index (Phi) is 7.94. The number of fused-ring (bicyclic) bond motifs is 1. The SMILES string of the molecule is CNC(=O)OC(C)(C)C.COc1ccccc1N(C)c1ccc2c(c1)CCCC2. The van der Waals surface area contributed by atoms with Gasteiger partial charge in [0.15, 0.2) is 0 Å². The lowest BCUT2D eigenvalue weighted by molar-refractivity contribution is 0.0541. The summed E-state index contributed by atoms with van der Waals surface area (Å²) >= 11 is 0. The number of hydrogen-bond acceptors (Lipinski definition) is 4. The van der Waals surface area contributed by atoms with E-state index in [-0.39, 0.29) is 11.7 Å². The fraction of sp³-hybridized carbons (Fsp3) is 0.458. The molecule has 0 bridgehead atoms. The van der Waals surface area contributed by atoms with E-state index in [0.29, 0.717) is 0 Å². The number of anilines is 2. The van der Waals surface area contributed by atoms with Crippen molar-refractivity contribution in [1.82, 2.24) is 5.32 Å². The van der Waals surface area contributed by atoms with Crippen LogP contribution in [0, 0.1) is 0 Å². The van der Waals surface area contributed by atoms with Crippen molar-refractivity contribution in [3.63, 3.8) is 0 Å². The third-order valence-electron chi connectivity index (χ3n) is 4.77. The lowest BCUT2D eigenvalue weighted by Crippen LogP contribution is -2.30. The van der Waals surface area contributed by atoms with Crippen LogP contribution in [0.3, 0.4) is 0 Å². The third-order valence-corrected chi connectivity index (χ3v) is 4.77. The minimum Gasteiger partial charge on any atom is -0.495 e. The number of ether oxygens (including phenoxy) is 2. The standard InChI is InChI=1S/C18H21NO.C6H13NO2/c1-19(17-9-5-6-10-18(17)20-2)16-12-11-14-7-3-4-8-15(14)13-16;1-6(2,3)9-5(8)7-4/h5-6,9-13H,3-4,7-8H2,1-2H3;1-4H3,(H,7,8). The fourth-order valence-corrected chi connectivity index (χ4v) is 3.30. The zero-order chi connectivity index (χ0) is 21.4. The maximum atomic E-state index is 10.5. The van der Waals surface area contributed by atoms with E-state index >= 15 is 0 Å². The van der Waals surface area contributed by atoms with Crippen molar-refractivity contribution in [3.8, 4) is 5.75 Å². The number of hydrogen-bond donors (Lipinski definition) is 1. The van der Waals surface area contributed by atoms with Crippen LogP contribution >= 0.6 is 0 Å². The number of aryl methyl sites for hydroxylation is 2. The van der Waals surface area contributed by atoms with E-state index in [1.165, 1.54) is 49.5 Å². The molecule has 2 aromatic carbocycles. The predicted molar refractivity (Wildman–Crippen MR) is 119 cm³/mol. The molecule has 2 aromatic rings. The molecule has 0 fully saturated rings. The molecular weight excluding hydrogens is 364 g/mol. The highest BCUT2D eigenvalue weighted by Gasteiger charge is 2.14. The zero-order valence-electron chi connectivity index (χ0n) is 18.5.